The van der Waals surface area contributed by atoms with Gasteiger partial charge < -0.3 is 10.6 Å². The van der Waals surface area contributed by atoms with Crippen LogP contribution in [0.2, 0.25) is 0 Å². The number of rotatable bonds is 11. The second-order valence-corrected chi connectivity index (χ2v) is 6.95. The fourth-order valence-electron chi connectivity index (χ4n) is 3.05. The number of aromatic nitrogens is 1. The highest BCUT2D eigenvalue weighted by atomic mass is 14.9. The van der Waals surface area contributed by atoms with E-state index in [1.54, 1.807) is 0 Å². The number of unbranched alkanes of at least 4 members (excludes halogenated alkanes) is 3. The third-order valence-electron chi connectivity index (χ3n) is 4.76. The Morgan fingerprint density at radius 3 is 2.59 bits per heavy atom. The Kier molecular flexibility index (Phi) is 8.63. The summed E-state index contributed by atoms with van der Waals surface area (Å²) >= 11 is 0. The Labute approximate surface area is 164 Å². The molecular formula is C24H33N3. The minimum absolute atomic E-state index is 0.991. The van der Waals surface area contributed by atoms with E-state index >= 15 is 0 Å². The largest absolute Gasteiger partial charge is 0.392 e. The van der Waals surface area contributed by atoms with Crippen LogP contribution in [0.4, 0.5) is 5.69 Å². The van der Waals surface area contributed by atoms with Crippen molar-refractivity contribution in [2.45, 2.75) is 46.0 Å². The lowest BCUT2D eigenvalue weighted by Gasteiger charge is -2.09. The lowest BCUT2D eigenvalue weighted by atomic mass is 10.0. The van der Waals surface area contributed by atoms with Crippen LogP contribution in [0.25, 0.3) is 17.3 Å². The Morgan fingerprint density at radius 2 is 1.93 bits per heavy atom. The topological polar surface area (TPSA) is 37.0 Å². The number of benzene rings is 1. The number of hydrogen-bond acceptors (Lipinski definition) is 3. The number of pyridine rings is 1. The van der Waals surface area contributed by atoms with Crippen molar-refractivity contribution in [1.29, 1.82) is 0 Å². The molecule has 3 heteroatoms. The molecule has 0 saturated heterocycles. The summed E-state index contributed by atoms with van der Waals surface area (Å²) in [6, 6.07) is 10.7. The molecule has 2 rings (SSSR count). The quantitative estimate of drug-likeness (QED) is 0.468. The molecule has 0 bridgehead atoms. The van der Waals surface area contributed by atoms with Gasteiger partial charge in [-0.3, -0.25) is 4.98 Å². The first kappa shape index (κ1) is 20.8. The van der Waals surface area contributed by atoms with Gasteiger partial charge in [0.1, 0.15) is 0 Å². The smallest absolute Gasteiger partial charge is 0.0703 e. The Balaban J connectivity index is 1.77. The third-order valence-corrected chi connectivity index (χ3v) is 4.76. The molecule has 0 radical (unpaired) electrons. The summed E-state index contributed by atoms with van der Waals surface area (Å²) in [7, 11) is 1.94. The van der Waals surface area contributed by atoms with Crippen LogP contribution in [0.1, 0.15) is 50.2 Å². The van der Waals surface area contributed by atoms with Crippen molar-refractivity contribution < 1.29 is 0 Å². The molecule has 3 nitrogen and oxygen atoms in total. The Morgan fingerprint density at radius 1 is 1.11 bits per heavy atom. The van der Waals surface area contributed by atoms with Gasteiger partial charge >= 0.3 is 0 Å². The van der Waals surface area contributed by atoms with Gasteiger partial charge in [-0.2, -0.15) is 0 Å². The maximum absolute atomic E-state index is 4.63. The zero-order valence-electron chi connectivity index (χ0n) is 17.0. The molecule has 0 amide bonds. The average molecular weight is 364 g/mol. The first-order valence-electron chi connectivity index (χ1n) is 9.93. The van der Waals surface area contributed by atoms with E-state index in [1.807, 2.05) is 20.2 Å². The van der Waals surface area contributed by atoms with Crippen LogP contribution in [0.15, 0.2) is 54.9 Å². The van der Waals surface area contributed by atoms with Gasteiger partial charge in [0.15, 0.2) is 0 Å². The van der Waals surface area contributed by atoms with Crippen LogP contribution in [0, 0.1) is 6.92 Å². The molecule has 0 spiro atoms. The van der Waals surface area contributed by atoms with Crippen molar-refractivity contribution in [3.8, 4) is 11.3 Å². The summed E-state index contributed by atoms with van der Waals surface area (Å²) in [6.07, 6.45) is 12.1. The first-order chi connectivity index (χ1) is 13.1. The van der Waals surface area contributed by atoms with Crippen molar-refractivity contribution in [2.75, 3.05) is 18.9 Å². The Hall–Kier alpha value is -2.55. The van der Waals surface area contributed by atoms with E-state index < -0.39 is 0 Å². The first-order valence-corrected chi connectivity index (χ1v) is 9.93. The van der Waals surface area contributed by atoms with Crippen LogP contribution in [0.3, 0.4) is 0 Å². The fraction of sp³-hybridized carbons (Fsp3) is 0.375. The number of allylic oxidation sites excluding steroid dienone is 2. The zero-order valence-corrected chi connectivity index (χ0v) is 17.0. The van der Waals surface area contributed by atoms with Crippen molar-refractivity contribution in [3.05, 3.63) is 66.0 Å². The van der Waals surface area contributed by atoms with E-state index in [-0.39, 0.29) is 0 Å². The molecule has 0 aliphatic heterocycles. The number of nitrogens with zero attached hydrogens (tertiary/aromatic N) is 1. The second-order valence-electron chi connectivity index (χ2n) is 6.95. The number of hydrogen-bond donors (Lipinski definition) is 2. The summed E-state index contributed by atoms with van der Waals surface area (Å²) in [5.41, 5.74) is 6.93. The van der Waals surface area contributed by atoms with Gasteiger partial charge in [-0.05, 0) is 62.4 Å². The highest BCUT2D eigenvalue weighted by molar-refractivity contribution is 5.66. The highest BCUT2D eigenvalue weighted by Gasteiger charge is 2.02. The minimum atomic E-state index is 0.991. The summed E-state index contributed by atoms with van der Waals surface area (Å²) in [5, 5.41) is 6.57. The van der Waals surface area contributed by atoms with Crippen LogP contribution in [-0.4, -0.2) is 18.6 Å². The van der Waals surface area contributed by atoms with Crippen LogP contribution < -0.4 is 10.6 Å². The molecule has 144 valence electrons. The zero-order chi connectivity index (χ0) is 19.5. The molecule has 0 unspecified atom stereocenters. The van der Waals surface area contributed by atoms with Crippen LogP contribution in [-0.2, 0) is 0 Å². The fourth-order valence-corrected chi connectivity index (χ4v) is 3.05. The SMILES string of the molecule is C=C(CCCCCCNc1ccc(-c2ccc(/C=C\C)c(C)c2)nc1)NC. The van der Waals surface area contributed by atoms with Gasteiger partial charge in [0.25, 0.3) is 0 Å². The molecular weight excluding hydrogens is 330 g/mol. The monoisotopic (exact) mass is 363 g/mol. The van der Waals surface area contributed by atoms with E-state index in [9.17, 15) is 0 Å². The maximum Gasteiger partial charge on any atom is 0.0703 e. The maximum atomic E-state index is 4.63. The van der Waals surface area contributed by atoms with Crippen molar-refractivity contribution in [2.24, 2.45) is 0 Å². The average Bonchev–Trinajstić information content (AvgIpc) is 2.69. The summed E-state index contributed by atoms with van der Waals surface area (Å²) < 4.78 is 0. The Bertz CT molecular complexity index is 745. The van der Waals surface area contributed by atoms with Gasteiger partial charge in [-0.25, -0.2) is 0 Å². The third kappa shape index (κ3) is 6.93. The molecule has 1 heterocycles. The summed E-state index contributed by atoms with van der Waals surface area (Å²) in [6.45, 7) is 9.14. The highest BCUT2D eigenvalue weighted by Crippen LogP contribution is 2.22. The normalized spacial score (nSPS) is 10.9. The van der Waals surface area contributed by atoms with Gasteiger partial charge in [0.2, 0.25) is 0 Å². The molecule has 1 aromatic carbocycles. The van der Waals surface area contributed by atoms with Crippen LogP contribution >= 0.6 is 0 Å². The molecule has 1 aromatic heterocycles. The van der Waals surface area contributed by atoms with E-state index in [0.717, 1.165) is 35.6 Å². The van der Waals surface area contributed by atoms with E-state index in [4.69, 9.17) is 0 Å². The second kappa shape index (κ2) is 11.2. The molecule has 0 fully saturated rings. The lowest BCUT2D eigenvalue weighted by Crippen LogP contribution is -2.04. The van der Waals surface area contributed by atoms with Crippen molar-refractivity contribution in [1.82, 2.24) is 10.3 Å². The molecule has 0 atom stereocenters. The number of aryl methyl sites for hydroxylation is 1. The standard InChI is InChI=1S/C24H33N3/c1-5-10-21-12-13-22(17-19(21)2)24-15-14-23(18-27-24)26-16-9-7-6-8-11-20(3)25-4/h5,10,12-15,17-18,25-26H,3,6-9,11,16H2,1-2,4H3/b10-5-. The van der Waals surface area contributed by atoms with Gasteiger partial charge in [-0.1, -0.05) is 43.7 Å². The number of nitrogens with one attached hydrogen (secondary N) is 2. The predicted molar refractivity (Wildman–Crippen MR) is 119 cm³/mol. The van der Waals surface area contributed by atoms with Crippen LogP contribution in [0.5, 0.6) is 0 Å². The molecule has 27 heavy (non-hydrogen) atoms. The van der Waals surface area contributed by atoms with E-state index in [1.165, 1.54) is 36.8 Å². The molecule has 0 aliphatic rings. The van der Waals surface area contributed by atoms with Gasteiger partial charge in [-0.15, -0.1) is 0 Å². The molecule has 0 aliphatic carbocycles. The van der Waals surface area contributed by atoms with Crippen molar-refractivity contribution in [3.63, 3.8) is 0 Å². The molecule has 0 saturated carbocycles. The van der Waals surface area contributed by atoms with Crippen molar-refractivity contribution >= 4 is 11.8 Å². The summed E-state index contributed by atoms with van der Waals surface area (Å²) in [5.74, 6) is 0. The number of anilines is 1. The van der Waals surface area contributed by atoms with Gasteiger partial charge in [0, 0.05) is 24.9 Å². The minimum Gasteiger partial charge on any atom is -0.392 e. The molecule has 2 aromatic rings. The van der Waals surface area contributed by atoms with E-state index in [2.05, 4.69) is 71.6 Å². The predicted octanol–water partition coefficient (Wildman–Crippen LogP) is 6.19. The van der Waals surface area contributed by atoms with E-state index in [0.29, 0.717) is 0 Å². The lowest BCUT2D eigenvalue weighted by molar-refractivity contribution is 0.641. The molecule has 2 N–H and O–H groups in total. The summed E-state index contributed by atoms with van der Waals surface area (Å²) in [4.78, 5) is 4.63. The van der Waals surface area contributed by atoms with Gasteiger partial charge in [0.05, 0.1) is 17.6 Å².